The molecule has 0 aromatic heterocycles. The molecule has 0 amide bonds. The van der Waals surface area contributed by atoms with Crippen LogP contribution in [0.2, 0.25) is 0 Å². The molecule has 3 nitrogen and oxygen atoms in total. The molecule has 3 aliphatic carbocycles. The smallest absolute Gasteiger partial charge is 0.148 e. The highest BCUT2D eigenvalue weighted by atomic mass is 16.7. The maximum atomic E-state index is 10.3. The minimum atomic E-state index is -0.833. The number of terminal acetylenes is 1. The van der Waals surface area contributed by atoms with Gasteiger partial charge in [-0.05, 0) is 27.8 Å². The van der Waals surface area contributed by atoms with Crippen molar-refractivity contribution < 1.29 is 14.6 Å². The van der Waals surface area contributed by atoms with Crippen molar-refractivity contribution in [2.75, 3.05) is 13.4 Å². The largest absolute Gasteiger partial charge is 0.396 e. The van der Waals surface area contributed by atoms with Gasteiger partial charge in [-0.25, -0.2) is 0 Å². The van der Waals surface area contributed by atoms with Crippen molar-refractivity contribution in [3.8, 4) is 12.3 Å². The minimum Gasteiger partial charge on any atom is -0.396 e. The van der Waals surface area contributed by atoms with Gasteiger partial charge < -0.3 is 14.6 Å². The molecule has 0 saturated heterocycles. The third-order valence-electron chi connectivity index (χ3n) is 6.56. The summed E-state index contributed by atoms with van der Waals surface area (Å²) in [5, 5.41) is 10.3. The normalized spacial score (nSPS) is 25.9. The molecule has 0 spiro atoms. The van der Waals surface area contributed by atoms with E-state index in [1.54, 1.807) is 0 Å². The summed E-state index contributed by atoms with van der Waals surface area (Å²) >= 11 is 0. The van der Waals surface area contributed by atoms with Crippen LogP contribution in [0.5, 0.6) is 0 Å². The summed E-state index contributed by atoms with van der Waals surface area (Å²) in [6.07, 6.45) is 6.07. The van der Waals surface area contributed by atoms with Gasteiger partial charge in [0, 0.05) is 18.4 Å². The predicted octanol–water partition coefficient (Wildman–Crippen LogP) is 4.44. The van der Waals surface area contributed by atoms with E-state index < -0.39 is 5.60 Å². The van der Waals surface area contributed by atoms with E-state index in [1.165, 1.54) is 11.1 Å². The van der Waals surface area contributed by atoms with Crippen LogP contribution in [-0.4, -0.2) is 18.5 Å². The zero-order chi connectivity index (χ0) is 20.6. The van der Waals surface area contributed by atoms with Gasteiger partial charge in [0.15, 0.2) is 0 Å². The molecule has 30 heavy (non-hydrogen) atoms. The average molecular weight is 396 g/mol. The van der Waals surface area contributed by atoms with Crippen molar-refractivity contribution in [3.63, 3.8) is 0 Å². The molecule has 0 unspecified atom stereocenters. The van der Waals surface area contributed by atoms with Crippen LogP contribution in [0.1, 0.15) is 33.7 Å². The molecule has 6 rings (SSSR count). The third kappa shape index (κ3) is 2.73. The SMILES string of the molecule is C#C[C@H]1[C@@H](CO)C2c3ccccc3C1(OCOCc1ccccc1)c1ccccc12. The minimum absolute atomic E-state index is 0.0121. The Balaban J connectivity index is 1.56. The molecule has 0 heterocycles. The van der Waals surface area contributed by atoms with Gasteiger partial charge in [0.05, 0.1) is 12.5 Å². The maximum Gasteiger partial charge on any atom is 0.148 e. The van der Waals surface area contributed by atoms with Crippen LogP contribution in [0.4, 0.5) is 0 Å². The second-order valence-corrected chi connectivity index (χ2v) is 7.97. The van der Waals surface area contributed by atoms with E-state index in [0.29, 0.717) is 6.61 Å². The summed E-state index contributed by atoms with van der Waals surface area (Å²) in [6, 6.07) is 26.6. The standard InChI is InChI=1S/C27H24O3/c1-2-23-22(16-28)26-20-12-6-8-14-24(20)27(23,25-15-9-7-13-21(25)26)30-18-29-17-19-10-4-3-5-11-19/h1,3-15,22-23,26,28H,16-18H2/t22-,23+,26?,27?/m1/s1. The molecule has 0 radical (unpaired) electrons. The summed E-state index contributed by atoms with van der Waals surface area (Å²) in [6.45, 7) is 0.587. The molecular formula is C27H24O3. The van der Waals surface area contributed by atoms with E-state index in [4.69, 9.17) is 15.9 Å². The number of fused-ring (bicyclic) bond motifs is 1. The van der Waals surface area contributed by atoms with Crippen LogP contribution in [0, 0.1) is 24.2 Å². The van der Waals surface area contributed by atoms with Gasteiger partial charge in [0.1, 0.15) is 12.4 Å². The summed E-state index contributed by atoms with van der Waals surface area (Å²) in [4.78, 5) is 0. The first-order valence-electron chi connectivity index (χ1n) is 10.3. The quantitative estimate of drug-likeness (QED) is 0.380. The van der Waals surface area contributed by atoms with E-state index in [0.717, 1.165) is 16.7 Å². The molecule has 0 aliphatic heterocycles. The number of aliphatic hydroxyl groups excluding tert-OH is 1. The van der Waals surface area contributed by atoms with Gasteiger partial charge in [0.25, 0.3) is 0 Å². The number of aliphatic hydroxyl groups is 1. The van der Waals surface area contributed by atoms with Gasteiger partial charge in [-0.2, -0.15) is 0 Å². The van der Waals surface area contributed by atoms with E-state index in [1.807, 2.05) is 54.6 Å². The Bertz CT molecular complexity index is 1040. The van der Waals surface area contributed by atoms with Crippen LogP contribution in [-0.2, 0) is 21.7 Å². The Kier molecular flexibility index (Phi) is 4.92. The molecule has 2 bridgehead atoms. The predicted molar refractivity (Wildman–Crippen MR) is 116 cm³/mol. The fourth-order valence-electron chi connectivity index (χ4n) is 5.38. The Morgan fingerprint density at radius 2 is 1.47 bits per heavy atom. The lowest BCUT2D eigenvalue weighted by molar-refractivity contribution is -0.167. The van der Waals surface area contributed by atoms with Crippen molar-refractivity contribution in [1.29, 1.82) is 0 Å². The summed E-state index contributed by atoms with van der Waals surface area (Å²) < 4.78 is 12.5. The van der Waals surface area contributed by atoms with E-state index in [9.17, 15) is 5.11 Å². The molecule has 0 fully saturated rings. The highest BCUT2D eigenvalue weighted by molar-refractivity contribution is 5.60. The lowest BCUT2D eigenvalue weighted by Gasteiger charge is -2.55. The molecule has 0 saturated carbocycles. The highest BCUT2D eigenvalue weighted by Gasteiger charge is 2.59. The Labute approximate surface area is 177 Å². The van der Waals surface area contributed by atoms with E-state index in [-0.39, 0.29) is 31.2 Å². The fourth-order valence-corrected chi connectivity index (χ4v) is 5.38. The lowest BCUT2D eigenvalue weighted by Crippen LogP contribution is -2.54. The Morgan fingerprint density at radius 3 is 2.07 bits per heavy atom. The van der Waals surface area contributed by atoms with Crippen LogP contribution in [0.15, 0.2) is 78.9 Å². The van der Waals surface area contributed by atoms with Crippen molar-refractivity contribution in [2.24, 2.45) is 11.8 Å². The van der Waals surface area contributed by atoms with Crippen LogP contribution in [0.3, 0.4) is 0 Å². The number of hydrogen-bond acceptors (Lipinski definition) is 3. The second kappa shape index (κ2) is 7.74. The molecular weight excluding hydrogens is 372 g/mol. The number of benzene rings is 3. The first-order valence-corrected chi connectivity index (χ1v) is 10.3. The first-order chi connectivity index (χ1) is 14.8. The van der Waals surface area contributed by atoms with E-state index >= 15 is 0 Å². The van der Waals surface area contributed by atoms with Crippen molar-refractivity contribution >= 4 is 0 Å². The summed E-state index contributed by atoms with van der Waals surface area (Å²) in [5.74, 6) is 2.66. The van der Waals surface area contributed by atoms with Gasteiger partial charge in [-0.3, -0.25) is 0 Å². The third-order valence-corrected chi connectivity index (χ3v) is 6.56. The van der Waals surface area contributed by atoms with Gasteiger partial charge in [-0.1, -0.05) is 84.8 Å². The number of hydrogen-bond donors (Lipinski definition) is 1. The average Bonchev–Trinajstić information content (AvgIpc) is 2.82. The van der Waals surface area contributed by atoms with Gasteiger partial charge in [0.2, 0.25) is 0 Å². The lowest BCUT2D eigenvalue weighted by atomic mass is 9.52. The Hall–Kier alpha value is -2.90. The zero-order valence-corrected chi connectivity index (χ0v) is 16.7. The van der Waals surface area contributed by atoms with Crippen LogP contribution >= 0.6 is 0 Å². The van der Waals surface area contributed by atoms with Gasteiger partial charge in [-0.15, -0.1) is 6.42 Å². The molecule has 3 aliphatic rings. The number of ether oxygens (including phenoxy) is 2. The van der Waals surface area contributed by atoms with Crippen LogP contribution in [0.25, 0.3) is 0 Å². The summed E-state index contributed by atoms with van der Waals surface area (Å²) in [7, 11) is 0. The monoisotopic (exact) mass is 396 g/mol. The molecule has 3 aromatic carbocycles. The molecule has 150 valence electrons. The van der Waals surface area contributed by atoms with Crippen molar-refractivity contribution in [3.05, 3.63) is 107 Å². The van der Waals surface area contributed by atoms with Crippen molar-refractivity contribution in [2.45, 2.75) is 18.1 Å². The molecule has 3 heteroatoms. The van der Waals surface area contributed by atoms with Crippen LogP contribution < -0.4 is 0 Å². The summed E-state index contributed by atoms with van der Waals surface area (Å²) in [5.41, 5.74) is 4.80. The fraction of sp³-hybridized carbons (Fsp3) is 0.259. The van der Waals surface area contributed by atoms with Crippen molar-refractivity contribution in [1.82, 2.24) is 0 Å². The second-order valence-electron chi connectivity index (χ2n) is 7.97. The zero-order valence-electron chi connectivity index (χ0n) is 16.7. The Morgan fingerprint density at radius 1 is 0.867 bits per heavy atom. The van der Waals surface area contributed by atoms with E-state index in [2.05, 4.69) is 30.2 Å². The highest BCUT2D eigenvalue weighted by Crippen LogP contribution is 2.61. The molecule has 2 atom stereocenters. The molecule has 3 aromatic rings. The maximum absolute atomic E-state index is 10.3. The molecule has 1 N–H and O–H groups in total. The first kappa shape index (κ1) is 19.1. The number of rotatable bonds is 6. The topological polar surface area (TPSA) is 38.7 Å². The van der Waals surface area contributed by atoms with Gasteiger partial charge >= 0.3 is 0 Å².